The number of nitro benzene ring substituents is 1. The van der Waals surface area contributed by atoms with Crippen molar-refractivity contribution in [2.24, 2.45) is 0 Å². The number of benzene rings is 1. The Kier molecular flexibility index (Phi) is 3.84. The molecule has 94 valence electrons. The molecule has 4 nitrogen and oxygen atoms in total. The van der Waals surface area contributed by atoms with E-state index in [0.717, 1.165) is 4.88 Å². The van der Waals surface area contributed by atoms with Gasteiger partial charge in [0.2, 0.25) is 0 Å². The van der Waals surface area contributed by atoms with Crippen LogP contribution in [0.25, 0.3) is 0 Å². The smallest absolute Gasteiger partial charge is 0.292 e. The molecule has 2 aromatic rings. The van der Waals surface area contributed by atoms with Gasteiger partial charge in [-0.25, -0.2) is 0 Å². The number of nitro groups is 1. The summed E-state index contributed by atoms with van der Waals surface area (Å²) >= 11 is 7.48. The summed E-state index contributed by atoms with van der Waals surface area (Å²) in [6.07, 6.45) is 0. The van der Waals surface area contributed by atoms with Gasteiger partial charge in [-0.05, 0) is 36.1 Å². The summed E-state index contributed by atoms with van der Waals surface area (Å²) in [7, 11) is 0. The van der Waals surface area contributed by atoms with Crippen LogP contribution in [0.5, 0.6) is 0 Å². The Bertz CT molecular complexity index is 583. The minimum absolute atomic E-state index is 0.0357. The molecule has 2 rings (SSSR count). The van der Waals surface area contributed by atoms with Gasteiger partial charge in [0.05, 0.1) is 4.92 Å². The van der Waals surface area contributed by atoms with Gasteiger partial charge in [0.1, 0.15) is 5.69 Å². The second-order valence-corrected chi connectivity index (χ2v) is 5.24. The summed E-state index contributed by atoms with van der Waals surface area (Å²) in [6, 6.07) is 6.52. The maximum atomic E-state index is 10.9. The molecule has 0 radical (unpaired) electrons. The van der Waals surface area contributed by atoms with E-state index in [1.165, 1.54) is 17.7 Å². The Balaban J connectivity index is 2.20. The van der Waals surface area contributed by atoms with E-state index < -0.39 is 4.92 Å². The van der Waals surface area contributed by atoms with Crippen LogP contribution in [0.1, 0.15) is 10.4 Å². The molecule has 0 atom stereocenters. The lowest BCUT2D eigenvalue weighted by atomic mass is 10.2. The highest BCUT2D eigenvalue weighted by molar-refractivity contribution is 7.10. The first-order valence-corrected chi connectivity index (χ1v) is 6.54. The van der Waals surface area contributed by atoms with Gasteiger partial charge in [0.25, 0.3) is 5.69 Å². The fourth-order valence-electron chi connectivity index (χ4n) is 1.57. The van der Waals surface area contributed by atoms with Crippen molar-refractivity contribution < 1.29 is 4.92 Å². The largest absolute Gasteiger partial charge is 0.375 e. The summed E-state index contributed by atoms with van der Waals surface area (Å²) in [6.45, 7) is 2.57. The van der Waals surface area contributed by atoms with Crippen LogP contribution >= 0.6 is 22.9 Å². The molecule has 0 saturated heterocycles. The number of thiophene rings is 1. The van der Waals surface area contributed by atoms with Crippen LogP contribution in [0.15, 0.2) is 29.6 Å². The maximum Gasteiger partial charge on any atom is 0.292 e. The molecule has 0 saturated carbocycles. The number of rotatable bonds is 4. The summed E-state index contributed by atoms with van der Waals surface area (Å²) in [5.74, 6) is 0. The summed E-state index contributed by atoms with van der Waals surface area (Å²) in [5.41, 5.74) is 1.66. The second-order valence-electron chi connectivity index (χ2n) is 3.80. The molecule has 1 aromatic heterocycles. The van der Waals surface area contributed by atoms with Gasteiger partial charge in [0, 0.05) is 22.5 Å². The molecule has 0 aliphatic rings. The average molecular weight is 283 g/mol. The van der Waals surface area contributed by atoms with E-state index in [4.69, 9.17) is 11.6 Å². The van der Waals surface area contributed by atoms with Crippen molar-refractivity contribution in [3.8, 4) is 0 Å². The first-order valence-electron chi connectivity index (χ1n) is 5.28. The number of aryl methyl sites for hydroxylation is 1. The van der Waals surface area contributed by atoms with E-state index in [1.54, 1.807) is 17.4 Å². The Morgan fingerprint density at radius 3 is 2.83 bits per heavy atom. The molecule has 0 bridgehead atoms. The first kappa shape index (κ1) is 12.9. The quantitative estimate of drug-likeness (QED) is 0.674. The van der Waals surface area contributed by atoms with Crippen LogP contribution in [-0.2, 0) is 6.54 Å². The van der Waals surface area contributed by atoms with Crippen LogP contribution in [0.3, 0.4) is 0 Å². The lowest BCUT2D eigenvalue weighted by Gasteiger charge is -2.07. The van der Waals surface area contributed by atoms with Crippen molar-refractivity contribution >= 4 is 34.3 Å². The summed E-state index contributed by atoms with van der Waals surface area (Å²) in [4.78, 5) is 11.6. The van der Waals surface area contributed by atoms with Crippen molar-refractivity contribution in [2.45, 2.75) is 13.5 Å². The molecule has 0 fully saturated rings. The topological polar surface area (TPSA) is 55.2 Å². The normalized spacial score (nSPS) is 10.3. The minimum atomic E-state index is -0.417. The molecule has 18 heavy (non-hydrogen) atoms. The highest BCUT2D eigenvalue weighted by atomic mass is 35.5. The van der Waals surface area contributed by atoms with Crippen LogP contribution < -0.4 is 5.32 Å². The summed E-state index contributed by atoms with van der Waals surface area (Å²) in [5, 5.41) is 16.4. The average Bonchev–Trinajstić information content (AvgIpc) is 2.72. The minimum Gasteiger partial charge on any atom is -0.375 e. The number of nitrogens with zero attached hydrogens (tertiary/aromatic N) is 1. The Labute approximate surface area is 113 Å². The van der Waals surface area contributed by atoms with Gasteiger partial charge in [-0.2, -0.15) is 0 Å². The standard InChI is InChI=1S/C12H11ClN2O2S/c1-8-4-5-18-12(8)7-14-10-6-9(13)2-3-11(10)15(16)17/h2-6,14H,7H2,1H3. The van der Waals surface area contributed by atoms with Gasteiger partial charge in [-0.3, -0.25) is 10.1 Å². The molecule has 1 aromatic carbocycles. The van der Waals surface area contributed by atoms with E-state index in [0.29, 0.717) is 17.3 Å². The third-order valence-corrected chi connectivity index (χ3v) is 3.82. The monoisotopic (exact) mass is 282 g/mol. The number of nitrogens with one attached hydrogen (secondary N) is 1. The van der Waals surface area contributed by atoms with Gasteiger partial charge in [0.15, 0.2) is 0 Å². The van der Waals surface area contributed by atoms with Crippen LogP contribution in [-0.4, -0.2) is 4.92 Å². The SMILES string of the molecule is Cc1ccsc1CNc1cc(Cl)ccc1[N+](=O)[O-]. The molecule has 6 heteroatoms. The van der Waals surface area contributed by atoms with Crippen LogP contribution in [0, 0.1) is 17.0 Å². The van der Waals surface area contributed by atoms with Gasteiger partial charge in [-0.1, -0.05) is 11.6 Å². The number of halogens is 1. The first-order chi connectivity index (χ1) is 8.58. The molecule has 0 aliphatic carbocycles. The van der Waals surface area contributed by atoms with Crippen molar-refractivity contribution in [3.63, 3.8) is 0 Å². The fourth-order valence-corrected chi connectivity index (χ4v) is 2.59. The van der Waals surface area contributed by atoms with Crippen molar-refractivity contribution in [3.05, 3.63) is 55.2 Å². The molecular weight excluding hydrogens is 272 g/mol. The highest BCUT2D eigenvalue weighted by Crippen LogP contribution is 2.28. The van der Waals surface area contributed by atoms with Crippen molar-refractivity contribution in [2.75, 3.05) is 5.32 Å². The van der Waals surface area contributed by atoms with E-state index >= 15 is 0 Å². The lowest BCUT2D eigenvalue weighted by molar-refractivity contribution is -0.384. The fraction of sp³-hybridized carbons (Fsp3) is 0.167. The predicted octanol–water partition coefficient (Wildman–Crippen LogP) is 4.23. The zero-order valence-corrected chi connectivity index (χ0v) is 11.2. The molecular formula is C12H11ClN2O2S. The van der Waals surface area contributed by atoms with Crippen LogP contribution in [0.2, 0.25) is 5.02 Å². The van der Waals surface area contributed by atoms with Gasteiger partial charge >= 0.3 is 0 Å². The maximum absolute atomic E-state index is 10.9. The molecule has 0 spiro atoms. The molecule has 0 amide bonds. The van der Waals surface area contributed by atoms with Crippen molar-refractivity contribution in [1.82, 2.24) is 0 Å². The number of hydrogen-bond donors (Lipinski definition) is 1. The molecule has 1 N–H and O–H groups in total. The Morgan fingerprint density at radius 2 is 2.22 bits per heavy atom. The predicted molar refractivity (Wildman–Crippen MR) is 74.5 cm³/mol. The Morgan fingerprint density at radius 1 is 1.44 bits per heavy atom. The molecule has 1 heterocycles. The lowest BCUT2D eigenvalue weighted by Crippen LogP contribution is -2.02. The highest BCUT2D eigenvalue weighted by Gasteiger charge is 2.13. The third kappa shape index (κ3) is 2.80. The Hall–Kier alpha value is -1.59. The van der Waals surface area contributed by atoms with E-state index in [2.05, 4.69) is 5.32 Å². The third-order valence-electron chi connectivity index (χ3n) is 2.56. The van der Waals surface area contributed by atoms with Gasteiger partial charge in [-0.15, -0.1) is 11.3 Å². The van der Waals surface area contributed by atoms with Crippen molar-refractivity contribution in [1.29, 1.82) is 0 Å². The zero-order chi connectivity index (χ0) is 13.1. The number of hydrogen-bond acceptors (Lipinski definition) is 4. The second kappa shape index (κ2) is 5.37. The van der Waals surface area contributed by atoms with E-state index in [-0.39, 0.29) is 5.69 Å². The molecule has 0 aliphatic heterocycles. The van der Waals surface area contributed by atoms with E-state index in [9.17, 15) is 10.1 Å². The van der Waals surface area contributed by atoms with Gasteiger partial charge < -0.3 is 5.32 Å². The number of anilines is 1. The van der Waals surface area contributed by atoms with E-state index in [1.807, 2.05) is 18.4 Å². The molecule has 0 unspecified atom stereocenters. The zero-order valence-electron chi connectivity index (χ0n) is 9.64. The summed E-state index contributed by atoms with van der Waals surface area (Å²) < 4.78 is 0. The van der Waals surface area contributed by atoms with Crippen LogP contribution in [0.4, 0.5) is 11.4 Å².